The first-order valence-corrected chi connectivity index (χ1v) is 4.38. The van der Waals surface area contributed by atoms with E-state index < -0.39 is 0 Å². The van der Waals surface area contributed by atoms with Crippen LogP contribution in [0, 0.1) is 6.92 Å². The summed E-state index contributed by atoms with van der Waals surface area (Å²) in [7, 11) is 0. The lowest BCUT2D eigenvalue weighted by Crippen LogP contribution is -1.92. The van der Waals surface area contributed by atoms with E-state index in [1.165, 1.54) is 0 Å². The van der Waals surface area contributed by atoms with Crippen LogP contribution in [0.1, 0.15) is 35.4 Å². The number of aromatic amines is 1. The monoisotopic (exact) mass is 184 g/mol. The molecule has 0 saturated heterocycles. The molecule has 0 radical (unpaired) electrons. The van der Waals surface area contributed by atoms with Crippen LogP contribution in [0.15, 0.2) is 0 Å². The maximum atomic E-state index is 10.9. The summed E-state index contributed by atoms with van der Waals surface area (Å²) >= 11 is 3.72. The van der Waals surface area contributed by atoms with Gasteiger partial charge in [-0.3, -0.25) is 4.79 Å². The minimum Gasteiger partial charge on any atom is -0.345 e. The van der Waals surface area contributed by atoms with Crippen LogP contribution in [0.2, 0.25) is 0 Å². The third-order valence-electron chi connectivity index (χ3n) is 1.62. The molecule has 1 aromatic rings. The molecule has 12 heavy (non-hydrogen) atoms. The summed E-state index contributed by atoms with van der Waals surface area (Å²) in [6, 6.07) is 0. The predicted octanol–water partition coefficient (Wildman–Crippen LogP) is 1.74. The van der Waals surface area contributed by atoms with E-state index in [9.17, 15) is 4.79 Å². The van der Waals surface area contributed by atoms with Gasteiger partial charge in [0, 0.05) is 12.1 Å². The Bertz CT molecular complexity index is 293. The van der Waals surface area contributed by atoms with Gasteiger partial charge in [0.15, 0.2) is 0 Å². The Morgan fingerprint density at radius 3 is 2.75 bits per heavy atom. The average molecular weight is 184 g/mol. The zero-order chi connectivity index (χ0) is 9.14. The molecule has 0 aliphatic heterocycles. The van der Waals surface area contributed by atoms with Crippen LogP contribution in [-0.4, -0.2) is 15.1 Å². The van der Waals surface area contributed by atoms with Gasteiger partial charge in [-0.1, -0.05) is 19.6 Å². The lowest BCUT2D eigenvalue weighted by molar-refractivity contribution is 0.108. The first-order valence-electron chi connectivity index (χ1n) is 3.94. The molecule has 0 aliphatic carbocycles. The van der Waals surface area contributed by atoms with Crippen LogP contribution in [0.25, 0.3) is 0 Å². The normalized spacial score (nSPS) is 10.2. The number of aromatic nitrogens is 2. The first kappa shape index (κ1) is 9.32. The second-order valence-corrected chi connectivity index (χ2v) is 3.12. The highest BCUT2D eigenvalue weighted by molar-refractivity contribution is 7.97. The molecule has 0 aromatic carbocycles. The van der Waals surface area contributed by atoms with Crippen molar-refractivity contribution < 1.29 is 4.79 Å². The van der Waals surface area contributed by atoms with E-state index in [-0.39, 0.29) is 5.12 Å². The second-order valence-electron chi connectivity index (χ2n) is 2.71. The number of imidazole rings is 1. The summed E-state index contributed by atoms with van der Waals surface area (Å²) < 4.78 is 0. The zero-order valence-electron chi connectivity index (χ0n) is 7.22. The van der Waals surface area contributed by atoms with Crippen molar-refractivity contribution in [1.82, 2.24) is 9.97 Å². The molecule has 3 nitrogen and oxygen atoms in total. The van der Waals surface area contributed by atoms with E-state index in [0.29, 0.717) is 5.69 Å². The fourth-order valence-corrected chi connectivity index (χ4v) is 1.30. The lowest BCUT2D eigenvalue weighted by atomic mass is 10.3. The van der Waals surface area contributed by atoms with Gasteiger partial charge in [-0.25, -0.2) is 4.98 Å². The number of carbonyl (C=O) groups excluding carboxylic acids is 1. The van der Waals surface area contributed by atoms with Gasteiger partial charge in [0.2, 0.25) is 5.12 Å². The van der Waals surface area contributed by atoms with Gasteiger partial charge in [0.05, 0.1) is 0 Å². The number of hydrogen-bond acceptors (Lipinski definition) is 2. The highest BCUT2D eigenvalue weighted by Crippen LogP contribution is 2.08. The number of rotatable bonds is 3. The number of nitrogens with zero attached hydrogens (tertiary/aromatic N) is 1. The molecular formula is C8H12N2OS. The summed E-state index contributed by atoms with van der Waals surface area (Å²) in [4.78, 5) is 18.0. The topological polar surface area (TPSA) is 45.8 Å². The van der Waals surface area contributed by atoms with Gasteiger partial charge in [0.1, 0.15) is 11.5 Å². The van der Waals surface area contributed by atoms with Crippen molar-refractivity contribution in [3.63, 3.8) is 0 Å². The molecule has 0 fully saturated rings. The Morgan fingerprint density at radius 1 is 1.67 bits per heavy atom. The molecule has 0 bridgehead atoms. The third kappa shape index (κ3) is 1.88. The zero-order valence-corrected chi connectivity index (χ0v) is 8.11. The molecule has 0 spiro atoms. The Morgan fingerprint density at radius 2 is 2.33 bits per heavy atom. The number of hydrogen-bond donors (Lipinski definition) is 2. The lowest BCUT2D eigenvalue weighted by Gasteiger charge is -1.87. The molecule has 4 heteroatoms. The number of nitrogens with one attached hydrogen (secondary N) is 1. The Hall–Kier alpha value is -0.770. The standard InChI is InChI=1S/C8H12N2OS/c1-3-4-6-9-5(2)7(10-6)8(11)12/h3-4H2,1-2H3,(H,9,10)(H,11,12). The van der Waals surface area contributed by atoms with Crippen molar-refractivity contribution in [3.8, 4) is 0 Å². The minimum atomic E-state index is -0.272. The van der Waals surface area contributed by atoms with Gasteiger partial charge >= 0.3 is 0 Å². The quantitative estimate of drug-likeness (QED) is 0.703. The van der Waals surface area contributed by atoms with Crippen molar-refractivity contribution in [1.29, 1.82) is 0 Å². The van der Waals surface area contributed by atoms with Crippen molar-refractivity contribution in [2.24, 2.45) is 0 Å². The minimum absolute atomic E-state index is 0.272. The van der Waals surface area contributed by atoms with E-state index in [0.717, 1.165) is 24.4 Å². The van der Waals surface area contributed by atoms with E-state index in [4.69, 9.17) is 0 Å². The molecule has 0 amide bonds. The first-order chi connectivity index (χ1) is 5.65. The fraction of sp³-hybridized carbons (Fsp3) is 0.500. The van der Waals surface area contributed by atoms with Gasteiger partial charge in [-0.15, -0.1) is 0 Å². The van der Waals surface area contributed by atoms with Gasteiger partial charge in [-0.2, -0.15) is 0 Å². The Balaban J connectivity index is 2.92. The van der Waals surface area contributed by atoms with Crippen LogP contribution in [0.4, 0.5) is 0 Å². The predicted molar refractivity (Wildman–Crippen MR) is 50.6 cm³/mol. The van der Waals surface area contributed by atoms with Gasteiger partial charge < -0.3 is 4.98 Å². The van der Waals surface area contributed by atoms with Crippen molar-refractivity contribution >= 4 is 17.7 Å². The molecular weight excluding hydrogens is 172 g/mol. The molecule has 0 saturated carbocycles. The number of carbonyl (C=O) groups is 1. The van der Waals surface area contributed by atoms with Crippen LogP contribution in [0.3, 0.4) is 0 Å². The van der Waals surface area contributed by atoms with E-state index in [2.05, 4.69) is 29.5 Å². The highest BCUT2D eigenvalue weighted by atomic mass is 32.1. The summed E-state index contributed by atoms with van der Waals surface area (Å²) in [6.07, 6.45) is 1.90. The smallest absolute Gasteiger partial charge is 0.236 e. The van der Waals surface area contributed by atoms with Crippen molar-refractivity contribution in [2.75, 3.05) is 0 Å². The molecule has 1 aromatic heterocycles. The number of thiol groups is 1. The molecule has 66 valence electrons. The molecule has 0 atom stereocenters. The summed E-state index contributed by atoms with van der Waals surface area (Å²) in [5.74, 6) is 0.868. The maximum absolute atomic E-state index is 10.9. The second kappa shape index (κ2) is 3.76. The van der Waals surface area contributed by atoms with E-state index in [1.807, 2.05) is 6.92 Å². The molecule has 1 heterocycles. The SMILES string of the molecule is CCCc1nc(C(=O)S)c(C)[nH]1. The van der Waals surface area contributed by atoms with Crippen LogP contribution >= 0.6 is 12.6 Å². The van der Waals surface area contributed by atoms with Crippen LogP contribution in [0.5, 0.6) is 0 Å². The summed E-state index contributed by atoms with van der Waals surface area (Å²) in [5.41, 5.74) is 1.25. The number of aryl methyl sites for hydroxylation is 2. The van der Waals surface area contributed by atoms with Crippen molar-refractivity contribution in [2.45, 2.75) is 26.7 Å². The van der Waals surface area contributed by atoms with Gasteiger partial charge in [-0.05, 0) is 13.3 Å². The molecule has 0 unspecified atom stereocenters. The third-order valence-corrected chi connectivity index (χ3v) is 1.83. The maximum Gasteiger partial charge on any atom is 0.236 e. The van der Waals surface area contributed by atoms with E-state index in [1.54, 1.807) is 0 Å². The van der Waals surface area contributed by atoms with E-state index >= 15 is 0 Å². The Kier molecular flexibility index (Phi) is 2.92. The average Bonchev–Trinajstić information content (AvgIpc) is 2.32. The fourth-order valence-electron chi connectivity index (χ4n) is 1.09. The molecule has 1 rings (SSSR count). The Labute approximate surface area is 77.0 Å². The summed E-state index contributed by atoms with van der Waals surface area (Å²) in [5, 5.41) is -0.272. The van der Waals surface area contributed by atoms with Crippen molar-refractivity contribution in [3.05, 3.63) is 17.2 Å². The summed E-state index contributed by atoms with van der Waals surface area (Å²) in [6.45, 7) is 3.90. The molecule has 1 N–H and O–H groups in total. The largest absolute Gasteiger partial charge is 0.345 e. The van der Waals surface area contributed by atoms with Crippen LogP contribution < -0.4 is 0 Å². The molecule has 0 aliphatic rings. The van der Waals surface area contributed by atoms with Gasteiger partial charge in [0.25, 0.3) is 0 Å². The van der Waals surface area contributed by atoms with Crippen LogP contribution in [-0.2, 0) is 6.42 Å². The highest BCUT2D eigenvalue weighted by Gasteiger charge is 2.10. The number of H-pyrrole nitrogens is 1.